The average Bonchev–Trinajstić information content (AvgIpc) is 3.70. The number of carbonyl (C=O) groups is 1. The molecule has 0 atom stereocenters. The fraction of sp³-hybridized carbons (Fsp3) is 0.367. The molecule has 38 heavy (non-hydrogen) atoms. The van der Waals surface area contributed by atoms with Crippen LogP contribution in [0.15, 0.2) is 47.5 Å². The first-order valence-electron chi connectivity index (χ1n) is 13.4. The van der Waals surface area contributed by atoms with Crippen molar-refractivity contribution in [3.05, 3.63) is 81.0 Å². The number of H-pyrrole nitrogens is 2. The van der Waals surface area contributed by atoms with E-state index in [2.05, 4.69) is 38.4 Å². The molecule has 196 valence electrons. The van der Waals surface area contributed by atoms with Crippen LogP contribution in [0.4, 0.5) is 5.82 Å². The van der Waals surface area contributed by atoms with Gasteiger partial charge in [-0.05, 0) is 80.6 Å². The molecular weight excluding hydrogens is 476 g/mol. The minimum Gasteiger partial charge on any atom is -0.361 e. The Hall–Kier alpha value is -3.91. The van der Waals surface area contributed by atoms with E-state index >= 15 is 0 Å². The van der Waals surface area contributed by atoms with E-state index in [4.69, 9.17) is 4.98 Å². The molecule has 1 saturated heterocycles. The smallest absolute Gasteiger partial charge is 0.255 e. The van der Waals surface area contributed by atoms with Crippen molar-refractivity contribution in [1.29, 1.82) is 0 Å². The first kappa shape index (κ1) is 24.4. The lowest BCUT2D eigenvalue weighted by Gasteiger charge is -2.28. The maximum atomic E-state index is 14.2. The lowest BCUT2D eigenvalue weighted by Crippen LogP contribution is -2.43. The Bertz CT molecular complexity index is 1560. The highest BCUT2D eigenvalue weighted by molar-refractivity contribution is 6.09. The van der Waals surface area contributed by atoms with Crippen molar-refractivity contribution in [2.45, 2.75) is 46.2 Å². The van der Waals surface area contributed by atoms with Crippen LogP contribution in [0.1, 0.15) is 45.6 Å². The summed E-state index contributed by atoms with van der Waals surface area (Å²) in [6.45, 7) is 9.96. The van der Waals surface area contributed by atoms with E-state index in [-0.39, 0.29) is 17.5 Å². The summed E-state index contributed by atoms with van der Waals surface area (Å²) in [4.78, 5) is 42.2. The number of aryl methyl sites for hydroxylation is 3. The van der Waals surface area contributed by atoms with Crippen LogP contribution in [0.2, 0.25) is 0 Å². The third-order valence-electron chi connectivity index (χ3n) is 7.80. The van der Waals surface area contributed by atoms with E-state index in [9.17, 15) is 9.59 Å². The minimum atomic E-state index is -0.117. The average molecular weight is 511 g/mol. The maximum absolute atomic E-state index is 14.2. The molecule has 4 aromatic rings. The summed E-state index contributed by atoms with van der Waals surface area (Å²) in [5, 5.41) is 4.31. The molecule has 8 heteroatoms. The third kappa shape index (κ3) is 4.60. The summed E-state index contributed by atoms with van der Waals surface area (Å²) in [7, 11) is 0. The predicted octanol–water partition coefficient (Wildman–Crippen LogP) is 4.06. The minimum absolute atomic E-state index is 0.0354. The standard InChI is InChI=1S/C30H34N6O2/c1-18-12-20(3)34-29(37)25(18)17-36(23-5-6-23)30(38)24-13-22(14-26-28(24)19(2)15-32-26)21-4-7-27(33-16-21)35-10-8-31-9-11-35/h4,7,12-16,23,31-32H,5-6,8-11,17H2,1-3H3,(H,34,37). The number of benzene rings is 1. The molecule has 2 aliphatic rings. The van der Waals surface area contributed by atoms with Gasteiger partial charge in [0.1, 0.15) is 5.82 Å². The van der Waals surface area contributed by atoms with Gasteiger partial charge in [-0.15, -0.1) is 0 Å². The third-order valence-corrected chi connectivity index (χ3v) is 7.80. The summed E-state index contributed by atoms with van der Waals surface area (Å²) in [5.74, 6) is 0.939. The zero-order valence-corrected chi connectivity index (χ0v) is 22.2. The van der Waals surface area contributed by atoms with Crippen LogP contribution in [-0.2, 0) is 6.54 Å². The molecule has 0 bridgehead atoms. The number of pyridine rings is 2. The van der Waals surface area contributed by atoms with Crippen LogP contribution in [-0.4, -0.2) is 58.0 Å². The summed E-state index contributed by atoms with van der Waals surface area (Å²) >= 11 is 0. The highest BCUT2D eigenvalue weighted by atomic mass is 16.2. The molecule has 6 rings (SSSR count). The van der Waals surface area contributed by atoms with Crippen molar-refractivity contribution in [2.75, 3.05) is 31.1 Å². The Morgan fingerprint density at radius 1 is 1.05 bits per heavy atom. The van der Waals surface area contributed by atoms with Gasteiger partial charge < -0.3 is 25.1 Å². The number of rotatable bonds is 6. The van der Waals surface area contributed by atoms with Crippen molar-refractivity contribution in [1.82, 2.24) is 25.2 Å². The Labute approximate surface area is 222 Å². The Balaban J connectivity index is 1.37. The van der Waals surface area contributed by atoms with Crippen LogP contribution < -0.4 is 15.8 Å². The van der Waals surface area contributed by atoms with Gasteiger partial charge in [0.15, 0.2) is 0 Å². The number of hydrogen-bond donors (Lipinski definition) is 3. The van der Waals surface area contributed by atoms with Crippen molar-refractivity contribution in [3.63, 3.8) is 0 Å². The molecule has 1 aliphatic heterocycles. The number of aromatic nitrogens is 3. The second kappa shape index (κ2) is 9.76. The highest BCUT2D eigenvalue weighted by Crippen LogP contribution is 2.35. The summed E-state index contributed by atoms with van der Waals surface area (Å²) in [6, 6.07) is 10.4. The maximum Gasteiger partial charge on any atom is 0.255 e. The summed E-state index contributed by atoms with van der Waals surface area (Å²) < 4.78 is 0. The quantitative estimate of drug-likeness (QED) is 0.364. The summed E-state index contributed by atoms with van der Waals surface area (Å²) in [6.07, 6.45) is 5.77. The van der Waals surface area contributed by atoms with E-state index in [0.717, 1.165) is 83.7 Å². The SMILES string of the molecule is Cc1cc(C)c(CN(C(=O)c2cc(-c3ccc(N4CCNCC4)nc3)cc3[nH]cc(C)c23)C2CC2)c(=O)[nH]1. The van der Waals surface area contributed by atoms with E-state index < -0.39 is 0 Å². The number of aromatic amines is 2. The molecular formula is C30H34N6O2. The lowest BCUT2D eigenvalue weighted by atomic mass is 9.98. The summed E-state index contributed by atoms with van der Waals surface area (Å²) in [5.41, 5.74) is 6.81. The van der Waals surface area contributed by atoms with Gasteiger partial charge in [-0.2, -0.15) is 0 Å². The second-order valence-electron chi connectivity index (χ2n) is 10.7. The fourth-order valence-corrected chi connectivity index (χ4v) is 5.57. The molecule has 8 nitrogen and oxygen atoms in total. The first-order chi connectivity index (χ1) is 18.4. The van der Waals surface area contributed by atoms with Crippen LogP contribution in [0.3, 0.4) is 0 Å². The molecule has 0 radical (unpaired) electrons. The normalized spacial score (nSPS) is 15.7. The van der Waals surface area contributed by atoms with Gasteiger partial charge in [-0.3, -0.25) is 9.59 Å². The van der Waals surface area contributed by atoms with Crippen molar-refractivity contribution < 1.29 is 4.79 Å². The lowest BCUT2D eigenvalue weighted by molar-refractivity contribution is 0.0731. The fourth-order valence-electron chi connectivity index (χ4n) is 5.57. The monoisotopic (exact) mass is 510 g/mol. The van der Waals surface area contributed by atoms with Gasteiger partial charge in [0.05, 0.1) is 6.54 Å². The van der Waals surface area contributed by atoms with Gasteiger partial charge in [0.25, 0.3) is 11.5 Å². The predicted molar refractivity (Wildman–Crippen MR) is 151 cm³/mol. The van der Waals surface area contributed by atoms with Crippen LogP contribution >= 0.6 is 0 Å². The number of fused-ring (bicyclic) bond motifs is 1. The molecule has 0 unspecified atom stereocenters. The molecule has 1 aliphatic carbocycles. The van der Waals surface area contributed by atoms with E-state index in [1.54, 1.807) is 0 Å². The molecule has 3 N–H and O–H groups in total. The molecule has 1 aromatic carbocycles. The number of hydrogen-bond acceptors (Lipinski definition) is 5. The Morgan fingerprint density at radius 2 is 1.84 bits per heavy atom. The molecule has 1 saturated carbocycles. The van der Waals surface area contributed by atoms with Crippen LogP contribution in [0.25, 0.3) is 22.0 Å². The number of nitrogens with zero attached hydrogens (tertiary/aromatic N) is 3. The Kier molecular flexibility index (Phi) is 6.27. The molecule has 2 fully saturated rings. The van der Waals surface area contributed by atoms with Gasteiger partial charge in [0, 0.05) is 77.9 Å². The second-order valence-corrected chi connectivity index (χ2v) is 10.7. The molecule has 0 spiro atoms. The Morgan fingerprint density at radius 3 is 2.53 bits per heavy atom. The molecule has 1 amide bonds. The largest absolute Gasteiger partial charge is 0.361 e. The number of carbonyl (C=O) groups excluding carboxylic acids is 1. The van der Waals surface area contributed by atoms with Gasteiger partial charge in [-0.1, -0.05) is 0 Å². The van der Waals surface area contributed by atoms with Crippen molar-refractivity contribution in [2.24, 2.45) is 0 Å². The zero-order valence-electron chi connectivity index (χ0n) is 22.2. The number of anilines is 1. The topological polar surface area (TPSA) is 97.1 Å². The number of amides is 1. The van der Waals surface area contributed by atoms with Gasteiger partial charge in [-0.25, -0.2) is 4.98 Å². The van der Waals surface area contributed by atoms with Gasteiger partial charge in [0.2, 0.25) is 0 Å². The molecule has 4 heterocycles. The number of nitrogens with one attached hydrogen (secondary N) is 3. The number of piperazine rings is 1. The first-order valence-corrected chi connectivity index (χ1v) is 13.4. The van der Waals surface area contributed by atoms with Crippen molar-refractivity contribution in [3.8, 4) is 11.1 Å². The zero-order chi connectivity index (χ0) is 26.4. The molecule has 3 aromatic heterocycles. The van der Waals surface area contributed by atoms with E-state index in [1.165, 1.54) is 0 Å². The van der Waals surface area contributed by atoms with E-state index in [0.29, 0.717) is 17.7 Å². The van der Waals surface area contributed by atoms with Crippen LogP contribution in [0.5, 0.6) is 0 Å². The van der Waals surface area contributed by atoms with Crippen molar-refractivity contribution >= 4 is 22.6 Å². The van der Waals surface area contributed by atoms with Gasteiger partial charge >= 0.3 is 0 Å². The highest BCUT2D eigenvalue weighted by Gasteiger charge is 2.35. The van der Waals surface area contributed by atoms with E-state index in [1.807, 2.05) is 50.2 Å². The van der Waals surface area contributed by atoms with Crippen LogP contribution in [0, 0.1) is 20.8 Å².